The molecule has 104 valence electrons. The van der Waals surface area contributed by atoms with Gasteiger partial charge in [0.25, 0.3) is 0 Å². The van der Waals surface area contributed by atoms with E-state index in [1.54, 1.807) is 0 Å². The van der Waals surface area contributed by atoms with Crippen molar-refractivity contribution in [3.8, 4) is 0 Å². The Hall–Kier alpha value is -0.610. The number of nitrogens with one attached hydrogen (secondary N) is 1. The Morgan fingerprint density at radius 1 is 1.17 bits per heavy atom. The molecule has 0 bridgehead atoms. The number of hydrogen-bond donors (Lipinski definition) is 3. The predicted molar refractivity (Wildman–Crippen MR) is 70.9 cm³/mol. The molecule has 4 nitrogen and oxygen atoms in total. The molecular weight excluding hydrogens is 228 g/mol. The van der Waals surface area contributed by atoms with Crippen LogP contribution in [0.15, 0.2) is 0 Å². The van der Waals surface area contributed by atoms with Crippen molar-refractivity contribution in [2.45, 2.75) is 63.5 Å². The Labute approximate surface area is 109 Å². The second-order valence-electron chi connectivity index (χ2n) is 5.99. The molecule has 1 amide bonds. The van der Waals surface area contributed by atoms with Crippen LogP contribution in [-0.2, 0) is 4.79 Å². The van der Waals surface area contributed by atoms with Crippen molar-refractivity contribution < 1.29 is 9.90 Å². The maximum Gasteiger partial charge on any atom is 0.224 e. The molecule has 0 heterocycles. The molecule has 2 saturated carbocycles. The SMILES string of the molecule is NC1CCCCCC1C(=O)NCC1CCC(O)C1. The number of aliphatic hydroxyl groups is 1. The molecule has 0 aromatic heterocycles. The number of nitrogens with two attached hydrogens (primary N) is 1. The van der Waals surface area contributed by atoms with Crippen LogP contribution in [0.1, 0.15) is 51.4 Å². The highest BCUT2D eigenvalue weighted by molar-refractivity contribution is 5.79. The summed E-state index contributed by atoms with van der Waals surface area (Å²) in [5, 5.41) is 12.5. The standard InChI is InChI=1S/C14H26N2O2/c15-13-5-3-1-2-4-12(13)14(18)16-9-10-6-7-11(17)8-10/h10-13,17H,1-9,15H2,(H,16,18). The van der Waals surface area contributed by atoms with Crippen LogP contribution < -0.4 is 11.1 Å². The fourth-order valence-electron chi connectivity index (χ4n) is 3.27. The largest absolute Gasteiger partial charge is 0.393 e. The first kappa shape index (κ1) is 13.8. The van der Waals surface area contributed by atoms with Crippen LogP contribution in [0.2, 0.25) is 0 Å². The first-order valence-electron chi connectivity index (χ1n) is 7.38. The number of carbonyl (C=O) groups excluding carboxylic acids is 1. The van der Waals surface area contributed by atoms with Crippen molar-refractivity contribution in [1.82, 2.24) is 5.32 Å². The van der Waals surface area contributed by atoms with E-state index in [1.807, 2.05) is 0 Å². The van der Waals surface area contributed by atoms with E-state index in [1.165, 1.54) is 6.42 Å². The van der Waals surface area contributed by atoms with E-state index < -0.39 is 0 Å². The van der Waals surface area contributed by atoms with Gasteiger partial charge < -0.3 is 16.2 Å². The molecule has 0 aliphatic heterocycles. The molecule has 0 spiro atoms. The van der Waals surface area contributed by atoms with Gasteiger partial charge in [0, 0.05) is 12.6 Å². The lowest BCUT2D eigenvalue weighted by Crippen LogP contribution is -2.42. The van der Waals surface area contributed by atoms with Crippen LogP contribution in [-0.4, -0.2) is 29.7 Å². The third kappa shape index (κ3) is 3.69. The number of rotatable bonds is 3. The fraction of sp³-hybridized carbons (Fsp3) is 0.929. The van der Waals surface area contributed by atoms with E-state index in [0.29, 0.717) is 12.5 Å². The molecule has 4 N–H and O–H groups in total. The maximum atomic E-state index is 12.1. The summed E-state index contributed by atoms with van der Waals surface area (Å²) in [5.74, 6) is 0.579. The zero-order valence-electron chi connectivity index (χ0n) is 11.1. The van der Waals surface area contributed by atoms with E-state index in [0.717, 1.165) is 44.9 Å². The van der Waals surface area contributed by atoms with E-state index in [9.17, 15) is 9.90 Å². The van der Waals surface area contributed by atoms with E-state index in [2.05, 4.69) is 5.32 Å². The highest BCUT2D eigenvalue weighted by atomic mass is 16.3. The summed E-state index contributed by atoms with van der Waals surface area (Å²) in [6.45, 7) is 0.707. The molecule has 2 aliphatic carbocycles. The molecule has 4 atom stereocenters. The van der Waals surface area contributed by atoms with Crippen LogP contribution >= 0.6 is 0 Å². The quantitative estimate of drug-likeness (QED) is 0.662. The van der Waals surface area contributed by atoms with Crippen molar-refractivity contribution >= 4 is 5.91 Å². The van der Waals surface area contributed by atoms with Gasteiger partial charge in [-0.15, -0.1) is 0 Å². The average Bonchev–Trinajstić information content (AvgIpc) is 2.64. The van der Waals surface area contributed by atoms with Crippen molar-refractivity contribution in [1.29, 1.82) is 0 Å². The lowest BCUT2D eigenvalue weighted by molar-refractivity contribution is -0.126. The first-order chi connectivity index (χ1) is 8.66. The van der Waals surface area contributed by atoms with Crippen LogP contribution in [0.3, 0.4) is 0 Å². The van der Waals surface area contributed by atoms with Crippen LogP contribution in [0.4, 0.5) is 0 Å². The number of aliphatic hydroxyl groups excluding tert-OH is 1. The van der Waals surface area contributed by atoms with E-state index in [-0.39, 0.29) is 24.0 Å². The van der Waals surface area contributed by atoms with Gasteiger partial charge in [0.1, 0.15) is 0 Å². The summed E-state index contributed by atoms with van der Waals surface area (Å²) in [4.78, 5) is 12.1. The summed E-state index contributed by atoms with van der Waals surface area (Å²) >= 11 is 0. The van der Waals surface area contributed by atoms with Gasteiger partial charge in [-0.1, -0.05) is 19.3 Å². The number of carbonyl (C=O) groups is 1. The van der Waals surface area contributed by atoms with E-state index in [4.69, 9.17) is 5.73 Å². The minimum Gasteiger partial charge on any atom is -0.393 e. The summed E-state index contributed by atoms with van der Waals surface area (Å²) in [7, 11) is 0. The monoisotopic (exact) mass is 254 g/mol. The maximum absolute atomic E-state index is 12.1. The molecule has 2 rings (SSSR count). The second kappa shape index (κ2) is 6.53. The summed E-state index contributed by atoms with van der Waals surface area (Å²) in [6, 6.07) is 0.0293. The predicted octanol–water partition coefficient (Wildman–Crippen LogP) is 1.17. The summed E-state index contributed by atoms with van der Waals surface area (Å²) < 4.78 is 0. The van der Waals surface area contributed by atoms with Gasteiger partial charge in [-0.2, -0.15) is 0 Å². The zero-order chi connectivity index (χ0) is 13.0. The molecule has 2 aliphatic rings. The molecule has 18 heavy (non-hydrogen) atoms. The van der Waals surface area contributed by atoms with Gasteiger partial charge in [0.2, 0.25) is 5.91 Å². The fourth-order valence-corrected chi connectivity index (χ4v) is 3.27. The van der Waals surface area contributed by atoms with Crippen LogP contribution in [0.25, 0.3) is 0 Å². The Morgan fingerprint density at radius 3 is 2.67 bits per heavy atom. The average molecular weight is 254 g/mol. The topological polar surface area (TPSA) is 75.4 Å². The Bertz CT molecular complexity index is 283. The molecule has 2 fully saturated rings. The Morgan fingerprint density at radius 2 is 1.94 bits per heavy atom. The van der Waals surface area contributed by atoms with Crippen LogP contribution in [0.5, 0.6) is 0 Å². The lowest BCUT2D eigenvalue weighted by atomic mass is 9.94. The molecule has 0 aromatic rings. The Balaban J connectivity index is 1.76. The smallest absolute Gasteiger partial charge is 0.224 e. The highest BCUT2D eigenvalue weighted by Crippen LogP contribution is 2.25. The van der Waals surface area contributed by atoms with Gasteiger partial charge >= 0.3 is 0 Å². The van der Waals surface area contributed by atoms with Gasteiger partial charge in [-0.05, 0) is 38.0 Å². The van der Waals surface area contributed by atoms with Crippen LogP contribution in [0, 0.1) is 11.8 Å². The minimum atomic E-state index is -0.160. The minimum absolute atomic E-state index is 0.00109. The van der Waals surface area contributed by atoms with Gasteiger partial charge in [-0.3, -0.25) is 4.79 Å². The van der Waals surface area contributed by atoms with Crippen molar-refractivity contribution in [2.75, 3.05) is 6.54 Å². The summed E-state index contributed by atoms with van der Waals surface area (Å²) in [6.07, 6.45) is 7.95. The normalized spacial score (nSPS) is 37.2. The molecule has 0 radical (unpaired) electrons. The number of hydrogen-bond acceptors (Lipinski definition) is 3. The molecular formula is C14H26N2O2. The van der Waals surface area contributed by atoms with Gasteiger partial charge in [-0.25, -0.2) is 0 Å². The highest BCUT2D eigenvalue weighted by Gasteiger charge is 2.28. The van der Waals surface area contributed by atoms with Crippen molar-refractivity contribution in [2.24, 2.45) is 17.6 Å². The zero-order valence-corrected chi connectivity index (χ0v) is 11.1. The molecule has 0 aromatic carbocycles. The lowest BCUT2D eigenvalue weighted by Gasteiger charge is -2.21. The molecule has 0 saturated heterocycles. The summed E-state index contributed by atoms with van der Waals surface area (Å²) in [5.41, 5.74) is 6.08. The van der Waals surface area contributed by atoms with E-state index >= 15 is 0 Å². The molecule has 4 unspecified atom stereocenters. The number of amides is 1. The third-order valence-corrected chi connectivity index (χ3v) is 4.48. The Kier molecular flexibility index (Phi) is 5.01. The van der Waals surface area contributed by atoms with Gasteiger partial charge in [0.05, 0.1) is 12.0 Å². The van der Waals surface area contributed by atoms with Gasteiger partial charge in [0.15, 0.2) is 0 Å². The first-order valence-corrected chi connectivity index (χ1v) is 7.38. The van der Waals surface area contributed by atoms with Crippen molar-refractivity contribution in [3.05, 3.63) is 0 Å². The second-order valence-corrected chi connectivity index (χ2v) is 5.99. The van der Waals surface area contributed by atoms with Crippen molar-refractivity contribution in [3.63, 3.8) is 0 Å². The molecule has 4 heteroatoms. The third-order valence-electron chi connectivity index (χ3n) is 4.48.